The summed E-state index contributed by atoms with van der Waals surface area (Å²) in [5.74, 6) is 0.722. The molecule has 18 nitrogen and oxygen atoms in total. The van der Waals surface area contributed by atoms with Gasteiger partial charge in [-0.1, -0.05) is 14.4 Å². The van der Waals surface area contributed by atoms with Crippen LogP contribution in [-0.2, 0) is 69.4 Å². The molecule has 0 bridgehead atoms. The summed E-state index contributed by atoms with van der Waals surface area (Å²) in [5.41, 5.74) is 0.344. The number of rotatable bonds is 19. The second-order valence-corrected chi connectivity index (χ2v) is 15.7. The fourth-order valence-corrected chi connectivity index (χ4v) is 8.36. The Kier molecular flexibility index (Phi) is 87.0. The van der Waals surface area contributed by atoms with Gasteiger partial charge in [0.05, 0.1) is 46.6 Å². The first-order chi connectivity index (χ1) is 25.2. The number of carbonyl (C=O) groups is 3. The molecule has 0 heterocycles. The molecule has 1 amide bonds. The monoisotopic (exact) mass is 974 g/mol. The molecule has 0 aromatic heterocycles. The maximum Gasteiger partial charge on any atom is 0.363 e. The number of halogens is 5. The Morgan fingerprint density at radius 3 is 1.16 bits per heavy atom. The summed E-state index contributed by atoms with van der Waals surface area (Å²) in [4.78, 5) is 47.5. The van der Waals surface area contributed by atoms with Crippen LogP contribution in [0.1, 0.15) is 55.9 Å². The third-order valence-electron chi connectivity index (χ3n) is 3.49. The number of hydrogen-bond donors (Lipinski definition) is 0. The Balaban J connectivity index is -0.0000000618. The van der Waals surface area contributed by atoms with Gasteiger partial charge in [-0.05, 0) is 90.4 Å². The third kappa shape index (κ3) is 62.7. The van der Waals surface area contributed by atoms with Crippen LogP contribution in [0.2, 0.25) is 0 Å². The number of hydrogen-bond acceptors (Lipinski definition) is 15. The Hall–Kier alpha value is -0.510. The number of carbonyl (C=O) groups excluding carboxylic acids is 5. The van der Waals surface area contributed by atoms with Gasteiger partial charge in [-0.3, -0.25) is 32.9 Å². The van der Waals surface area contributed by atoms with Gasteiger partial charge in [0.25, 0.3) is 0 Å². The van der Waals surface area contributed by atoms with Crippen LogP contribution in [0.5, 0.6) is 0 Å². The molecule has 0 aliphatic carbocycles. The Labute approximate surface area is 363 Å². The quantitative estimate of drug-likeness (QED) is 0.0201. The van der Waals surface area contributed by atoms with Crippen molar-refractivity contribution in [2.45, 2.75) is 61.4 Å². The Bertz CT molecular complexity index is 967. The van der Waals surface area contributed by atoms with Gasteiger partial charge >= 0.3 is 51.7 Å². The van der Waals surface area contributed by atoms with Crippen molar-refractivity contribution in [2.24, 2.45) is 0 Å². The molecule has 2 unspecified atom stereocenters. The molecule has 0 radical (unpaired) electrons. The average Bonchev–Trinajstić information content (AvgIpc) is 3.08. The molecular formula is C30H64Cl5N3O15P3+. The molecule has 0 aromatic carbocycles. The van der Waals surface area contributed by atoms with E-state index in [-0.39, 0.29) is 52.4 Å². The van der Waals surface area contributed by atoms with Gasteiger partial charge in [0.2, 0.25) is 17.6 Å². The molecule has 0 spiro atoms. The first-order valence-electron chi connectivity index (χ1n) is 15.5. The normalized spacial score (nSPS) is 10.6. The van der Waals surface area contributed by atoms with Crippen LogP contribution < -0.4 is 12.4 Å². The predicted octanol–water partition coefficient (Wildman–Crippen LogP) is 4.51. The Morgan fingerprint density at radius 1 is 0.804 bits per heavy atom. The van der Waals surface area contributed by atoms with E-state index in [0.717, 1.165) is 12.3 Å². The van der Waals surface area contributed by atoms with Crippen LogP contribution in [0.15, 0.2) is 0 Å². The zero-order valence-electron chi connectivity index (χ0n) is 33.8. The first kappa shape index (κ1) is 79.6. The fraction of sp³-hybridized carbons (Fsp3) is 0.767. The SMILES string of the molecule is C.CCCl.CCOP(OCC)OCC.CN(C)C=O.C[N+](C)=CCl.O=C(Cl)C(=O)Cl.O=C=O.[C-]#[O+].[CH2+]COP(=O)(OCC)C(N(C)C)P(=O)(OCC)OCC.[Cl-]. The van der Waals surface area contributed by atoms with Crippen molar-refractivity contribution in [3.63, 3.8) is 0 Å². The minimum absolute atomic E-state index is 0. The third-order valence-corrected chi connectivity index (χ3v) is 11.9. The van der Waals surface area contributed by atoms with Crippen molar-refractivity contribution < 1.29 is 86.4 Å². The van der Waals surface area contributed by atoms with E-state index in [0.29, 0.717) is 19.8 Å². The van der Waals surface area contributed by atoms with Crippen LogP contribution in [0, 0.1) is 13.6 Å². The fourth-order valence-electron chi connectivity index (χ4n) is 2.18. The molecule has 338 valence electrons. The van der Waals surface area contributed by atoms with E-state index in [9.17, 15) is 23.5 Å². The standard InChI is InChI=1S/C11H26NO6P2.C6H15O3P.C3H7ClN.C3H7NO.C2Cl2O2.C2H5Cl.CO2.CO.CH4.ClH/c1-7-15-19(13,16-8-2)11(12(5)6)20(14,17-9-3)18-10-4;1-4-7-10(8-5-2)9-6-3;1-5(2)3-4;1-4(2)3-5;3-1(5)2(4)6;1-2-3;2-1-3;1-2;;/h11H,1,7-10H2,2-6H3;4-6H2,1-3H3;2*3H,1-2H3;;2H2,1H3;;;1H4;1H/q+1;;+1;;;;;;;/p-1. The Morgan fingerprint density at radius 2 is 1.04 bits per heavy atom. The van der Waals surface area contributed by atoms with Crippen molar-refractivity contribution in [3.8, 4) is 0 Å². The largest absolute Gasteiger partial charge is 1.00 e. The van der Waals surface area contributed by atoms with Crippen LogP contribution in [0.3, 0.4) is 0 Å². The van der Waals surface area contributed by atoms with Gasteiger partial charge in [-0.2, -0.15) is 9.59 Å². The maximum atomic E-state index is 12.9. The first-order valence-corrected chi connectivity index (χ1v) is 21.5. The second-order valence-electron chi connectivity index (χ2n) is 8.48. The molecule has 0 saturated carbocycles. The molecular weight excluding hydrogens is 913 g/mol. The average molecular weight is 977 g/mol. The van der Waals surface area contributed by atoms with E-state index < -0.39 is 39.8 Å². The summed E-state index contributed by atoms with van der Waals surface area (Å²) in [5, 5.41) is -2.28. The van der Waals surface area contributed by atoms with Gasteiger partial charge < -0.3 is 44.4 Å². The summed E-state index contributed by atoms with van der Waals surface area (Å²) in [6.45, 7) is 23.1. The molecule has 56 heavy (non-hydrogen) atoms. The summed E-state index contributed by atoms with van der Waals surface area (Å²) in [6, 6.07) is 0. The van der Waals surface area contributed by atoms with E-state index >= 15 is 0 Å². The van der Waals surface area contributed by atoms with Crippen LogP contribution in [-0.4, -0.2) is 143 Å². The van der Waals surface area contributed by atoms with Gasteiger partial charge in [0.1, 0.15) is 14.1 Å². The molecule has 2 atom stereocenters. The van der Waals surface area contributed by atoms with Gasteiger partial charge in [0.15, 0.2) is 6.61 Å². The smallest absolute Gasteiger partial charge is 0.363 e. The van der Waals surface area contributed by atoms with Crippen LogP contribution in [0.25, 0.3) is 0 Å². The van der Waals surface area contributed by atoms with E-state index in [4.69, 9.17) is 69.1 Å². The number of amides is 1. The maximum absolute atomic E-state index is 12.9. The van der Waals surface area contributed by atoms with Crippen molar-refractivity contribution >= 4 is 98.9 Å². The van der Waals surface area contributed by atoms with Crippen LogP contribution >= 0.6 is 70.2 Å². The summed E-state index contributed by atoms with van der Waals surface area (Å²) in [7, 11) is 1.89. The molecule has 0 aromatic rings. The summed E-state index contributed by atoms with van der Waals surface area (Å²) < 4.78 is 71.5. The molecule has 0 saturated heterocycles. The predicted molar refractivity (Wildman–Crippen MR) is 218 cm³/mol. The molecule has 0 fully saturated rings. The van der Waals surface area contributed by atoms with E-state index in [2.05, 4.69) is 36.8 Å². The molecule has 0 aliphatic heterocycles. The zero-order valence-corrected chi connectivity index (χ0v) is 40.3. The van der Waals surface area contributed by atoms with Crippen LogP contribution in [0.4, 0.5) is 0 Å². The van der Waals surface area contributed by atoms with E-state index in [1.165, 1.54) is 15.5 Å². The molecule has 0 N–H and O–H groups in total. The van der Waals surface area contributed by atoms with Gasteiger partial charge in [-0.25, -0.2) is 4.58 Å². The van der Waals surface area contributed by atoms with Crippen molar-refractivity contribution in [1.29, 1.82) is 0 Å². The minimum atomic E-state index is -3.72. The van der Waals surface area contributed by atoms with Gasteiger partial charge in [-0.15, -0.1) is 11.6 Å². The summed E-state index contributed by atoms with van der Waals surface area (Å²) in [6.07, 6.45) is 1.00. The van der Waals surface area contributed by atoms with E-state index in [1.807, 2.05) is 41.8 Å². The van der Waals surface area contributed by atoms with Gasteiger partial charge in [0, 0.05) is 20.0 Å². The molecule has 0 aliphatic rings. The molecule has 26 heteroatoms. The summed E-state index contributed by atoms with van der Waals surface area (Å²) >= 11 is 19.1. The van der Waals surface area contributed by atoms with Crippen molar-refractivity contribution in [1.82, 2.24) is 9.80 Å². The zero-order chi connectivity index (χ0) is 44.8. The number of alkyl halides is 1. The van der Waals surface area contributed by atoms with E-state index in [1.54, 1.807) is 53.5 Å². The topological polar surface area (TPSA) is 213 Å². The minimum Gasteiger partial charge on any atom is -1.00 e. The second kappa shape index (κ2) is 61.2. The number of nitrogens with zero attached hydrogens (tertiary/aromatic N) is 3. The van der Waals surface area contributed by atoms with Crippen molar-refractivity contribution in [2.75, 3.05) is 94.4 Å². The van der Waals surface area contributed by atoms with Crippen molar-refractivity contribution in [3.05, 3.63) is 13.6 Å². The molecule has 0 rings (SSSR count).